The summed E-state index contributed by atoms with van der Waals surface area (Å²) in [7, 11) is 3.64. The highest BCUT2D eigenvalue weighted by atomic mass is 33.2. The van der Waals surface area contributed by atoms with E-state index in [-0.39, 0.29) is 0 Å². The highest BCUT2D eigenvalue weighted by Gasteiger charge is 2.37. The summed E-state index contributed by atoms with van der Waals surface area (Å²) < 4.78 is 1.92. The lowest BCUT2D eigenvalue weighted by Gasteiger charge is -2.08. The van der Waals surface area contributed by atoms with Crippen LogP contribution in [0.3, 0.4) is 0 Å². The molecule has 0 amide bonds. The Kier molecular flexibility index (Phi) is 1.51. The van der Waals surface area contributed by atoms with E-state index < -0.39 is 9.06 Å². The van der Waals surface area contributed by atoms with Crippen molar-refractivity contribution in [3.63, 3.8) is 0 Å². The fourth-order valence-electron chi connectivity index (χ4n) is 1.20. The van der Waals surface area contributed by atoms with E-state index in [9.17, 15) is 0 Å². The Morgan fingerprint density at radius 1 is 1.73 bits per heavy atom. The van der Waals surface area contributed by atoms with Gasteiger partial charge in [0.25, 0.3) is 0 Å². The van der Waals surface area contributed by atoms with Gasteiger partial charge in [-0.1, -0.05) is 10.8 Å². The highest BCUT2D eigenvalue weighted by molar-refractivity contribution is 9.08. The molecule has 62 valence electrons. The third-order valence-electron chi connectivity index (χ3n) is 1.91. The molecule has 0 radical (unpaired) electrons. The van der Waals surface area contributed by atoms with Crippen LogP contribution >= 0.6 is 19.9 Å². The lowest BCUT2D eigenvalue weighted by molar-refractivity contribution is 0.756. The van der Waals surface area contributed by atoms with Crippen LogP contribution in [0.5, 0.6) is 0 Å². The Bertz CT molecular complexity index is 289. The molecule has 4 heteroatoms. The fourth-order valence-corrected chi connectivity index (χ4v) is 5.63. The molecule has 2 heterocycles. The van der Waals surface area contributed by atoms with Crippen LogP contribution in [-0.2, 0) is 7.05 Å². The molecule has 1 unspecified atom stereocenters. The van der Waals surface area contributed by atoms with Gasteiger partial charge in [-0.2, -0.15) is 14.2 Å². The van der Waals surface area contributed by atoms with E-state index in [4.69, 9.17) is 0 Å². The molecule has 0 spiro atoms. The standard InChI is InChI=1S/C7H12N2S2/c1-6-7(4-9(2)8-6)11(3)5-10-11/h4H,5H2,1-3H3. The summed E-state index contributed by atoms with van der Waals surface area (Å²) in [4.78, 5) is 1.49. The Morgan fingerprint density at radius 3 is 2.73 bits per heavy atom. The molecule has 2 nitrogen and oxygen atoms in total. The predicted molar refractivity (Wildman–Crippen MR) is 52.2 cm³/mol. The molecule has 0 bridgehead atoms. The Labute approximate surface area is 72.1 Å². The summed E-state index contributed by atoms with van der Waals surface area (Å²) in [5.41, 5.74) is 1.22. The Balaban J connectivity index is 2.44. The van der Waals surface area contributed by atoms with Crippen LogP contribution in [0.15, 0.2) is 11.1 Å². The monoisotopic (exact) mass is 188 g/mol. The van der Waals surface area contributed by atoms with E-state index in [1.807, 2.05) is 11.7 Å². The molecule has 2 rings (SSSR count). The average Bonchev–Trinajstić information content (AvgIpc) is 2.55. The molecule has 0 aliphatic carbocycles. The maximum atomic E-state index is 4.34. The molecule has 1 aromatic rings. The lowest BCUT2D eigenvalue weighted by Crippen LogP contribution is -1.86. The van der Waals surface area contributed by atoms with Crippen molar-refractivity contribution in [3.05, 3.63) is 11.9 Å². The van der Waals surface area contributed by atoms with Crippen molar-refractivity contribution in [3.8, 4) is 0 Å². The number of rotatable bonds is 1. The molecule has 1 fully saturated rings. The minimum atomic E-state index is -0.429. The van der Waals surface area contributed by atoms with Gasteiger partial charge in [0.2, 0.25) is 0 Å². The first-order valence-electron chi connectivity index (χ1n) is 3.52. The van der Waals surface area contributed by atoms with E-state index >= 15 is 0 Å². The molecular weight excluding hydrogens is 176 g/mol. The lowest BCUT2D eigenvalue weighted by atomic mass is 10.5. The van der Waals surface area contributed by atoms with Crippen LogP contribution in [0, 0.1) is 6.92 Å². The van der Waals surface area contributed by atoms with Gasteiger partial charge in [-0.05, 0) is 13.2 Å². The number of hydrogen-bond acceptors (Lipinski definition) is 2. The van der Waals surface area contributed by atoms with Crippen LogP contribution in [0.25, 0.3) is 0 Å². The van der Waals surface area contributed by atoms with Crippen molar-refractivity contribution in [2.75, 3.05) is 11.3 Å². The maximum absolute atomic E-state index is 4.34. The molecule has 1 aliphatic rings. The molecule has 1 aromatic heterocycles. The quantitative estimate of drug-likeness (QED) is 0.496. The van der Waals surface area contributed by atoms with Gasteiger partial charge in [-0.25, -0.2) is 0 Å². The average molecular weight is 188 g/mol. The molecular formula is C7H12N2S2. The first kappa shape index (κ1) is 7.55. The number of hydrogen-bond donors (Lipinski definition) is 0. The SMILES string of the molecule is Cc1nn(C)cc1S1(C)CS1. The molecule has 11 heavy (non-hydrogen) atoms. The topological polar surface area (TPSA) is 17.8 Å². The molecule has 0 N–H and O–H groups in total. The van der Waals surface area contributed by atoms with E-state index in [0.29, 0.717) is 0 Å². The van der Waals surface area contributed by atoms with E-state index in [1.165, 1.54) is 15.7 Å². The zero-order chi connectivity index (χ0) is 8.06. The van der Waals surface area contributed by atoms with Crippen LogP contribution in [0.2, 0.25) is 0 Å². The van der Waals surface area contributed by atoms with E-state index in [0.717, 1.165) is 0 Å². The fraction of sp³-hybridized carbons (Fsp3) is 0.571. The van der Waals surface area contributed by atoms with Gasteiger partial charge in [-0.3, -0.25) is 4.68 Å². The normalized spacial score (nSPS) is 34.8. The minimum absolute atomic E-state index is 0.429. The van der Waals surface area contributed by atoms with Crippen molar-refractivity contribution < 1.29 is 0 Å². The van der Waals surface area contributed by atoms with Gasteiger partial charge >= 0.3 is 0 Å². The third kappa shape index (κ3) is 1.18. The summed E-state index contributed by atoms with van der Waals surface area (Å²) in [6.07, 6.45) is 4.53. The van der Waals surface area contributed by atoms with Gasteiger partial charge in [0.1, 0.15) is 0 Å². The Morgan fingerprint density at radius 2 is 2.36 bits per heavy atom. The predicted octanol–water partition coefficient (Wildman–Crippen LogP) is 2.14. The summed E-state index contributed by atoms with van der Waals surface area (Å²) in [5, 5.41) is 5.67. The largest absolute Gasteiger partial charge is 0.274 e. The van der Waals surface area contributed by atoms with Crippen LogP contribution in [-0.4, -0.2) is 21.1 Å². The van der Waals surface area contributed by atoms with Crippen LogP contribution < -0.4 is 0 Å². The number of nitrogens with zero attached hydrogens (tertiary/aromatic N) is 2. The summed E-state index contributed by atoms with van der Waals surface area (Å²) >= 11 is 0. The van der Waals surface area contributed by atoms with Crippen molar-refractivity contribution in [1.82, 2.24) is 9.78 Å². The third-order valence-corrected chi connectivity index (χ3v) is 7.55. The van der Waals surface area contributed by atoms with Crippen molar-refractivity contribution in [1.29, 1.82) is 0 Å². The van der Waals surface area contributed by atoms with Crippen molar-refractivity contribution >= 4 is 19.9 Å². The Hall–Kier alpha value is -0.0900. The smallest absolute Gasteiger partial charge is 0.0722 e. The zero-order valence-electron chi connectivity index (χ0n) is 7.00. The second kappa shape index (κ2) is 2.20. The molecule has 0 saturated carbocycles. The summed E-state index contributed by atoms with van der Waals surface area (Å²) in [6.45, 7) is 2.10. The van der Waals surface area contributed by atoms with Crippen molar-refractivity contribution in [2.24, 2.45) is 7.05 Å². The van der Waals surface area contributed by atoms with Crippen LogP contribution in [0.4, 0.5) is 0 Å². The van der Waals surface area contributed by atoms with E-state index in [1.54, 1.807) is 0 Å². The summed E-state index contributed by atoms with van der Waals surface area (Å²) in [5.74, 6) is 0. The number of aromatic nitrogens is 2. The summed E-state index contributed by atoms with van der Waals surface area (Å²) in [6, 6.07) is 0. The van der Waals surface area contributed by atoms with Gasteiger partial charge < -0.3 is 0 Å². The highest BCUT2D eigenvalue weighted by Crippen LogP contribution is 2.80. The first-order valence-corrected chi connectivity index (χ1v) is 7.24. The molecule has 1 atom stereocenters. The molecule has 0 aromatic carbocycles. The van der Waals surface area contributed by atoms with Crippen LogP contribution in [0.1, 0.15) is 5.69 Å². The second-order valence-electron chi connectivity index (χ2n) is 2.99. The minimum Gasteiger partial charge on any atom is -0.274 e. The van der Waals surface area contributed by atoms with E-state index in [2.05, 4.69) is 35.3 Å². The molecule has 1 saturated heterocycles. The van der Waals surface area contributed by atoms with Gasteiger partial charge in [0.15, 0.2) is 0 Å². The van der Waals surface area contributed by atoms with Gasteiger partial charge in [0, 0.05) is 23.2 Å². The molecule has 1 aliphatic heterocycles. The first-order chi connectivity index (χ1) is 5.12. The second-order valence-corrected chi connectivity index (χ2v) is 9.54. The number of aryl methyl sites for hydroxylation is 2. The van der Waals surface area contributed by atoms with Crippen molar-refractivity contribution in [2.45, 2.75) is 11.8 Å². The zero-order valence-corrected chi connectivity index (χ0v) is 8.63. The van der Waals surface area contributed by atoms with Gasteiger partial charge in [-0.15, -0.1) is 0 Å². The van der Waals surface area contributed by atoms with Gasteiger partial charge in [0.05, 0.1) is 5.69 Å². The maximum Gasteiger partial charge on any atom is 0.0722 e.